The van der Waals surface area contributed by atoms with E-state index in [1.54, 1.807) is 0 Å². The van der Waals surface area contributed by atoms with Crippen molar-refractivity contribution < 1.29 is 9.21 Å². The molecule has 2 aromatic heterocycles. The fraction of sp³-hybridized carbons (Fsp3) is 0.500. The van der Waals surface area contributed by atoms with Gasteiger partial charge in [0.05, 0.1) is 18.6 Å². The fourth-order valence-corrected chi connectivity index (χ4v) is 3.92. The van der Waals surface area contributed by atoms with E-state index in [1.165, 1.54) is 0 Å². The van der Waals surface area contributed by atoms with Crippen molar-refractivity contribution in [1.29, 1.82) is 0 Å². The number of para-hydroxylation sites is 1. The van der Waals surface area contributed by atoms with Gasteiger partial charge in [0.1, 0.15) is 17.2 Å². The van der Waals surface area contributed by atoms with Gasteiger partial charge in [-0.3, -0.25) is 4.68 Å². The predicted molar refractivity (Wildman–Crippen MR) is 104 cm³/mol. The van der Waals surface area contributed by atoms with E-state index in [4.69, 9.17) is 4.42 Å². The highest BCUT2D eigenvalue weighted by Gasteiger charge is 2.28. The standard InChI is InChI=1S/C20H27N5O2/c1-12(2)18(19-13(3)15-7-5-6-8-16(15)27-19)22-20(26)21-14-9-10-17-23-24(4)25(17)11-14/h5-8,12,14,18H,9-11H2,1-4H3,(H2,21,22,26)/t14?,18-/m1/s1. The van der Waals surface area contributed by atoms with Crippen LogP contribution in [0.2, 0.25) is 0 Å². The Morgan fingerprint density at radius 1 is 1.33 bits per heavy atom. The third kappa shape index (κ3) is 3.22. The third-order valence-electron chi connectivity index (χ3n) is 5.47. The number of benzene rings is 1. The Balaban J connectivity index is 1.48. The fourth-order valence-electron chi connectivity index (χ4n) is 3.92. The first kappa shape index (κ1) is 17.7. The Labute approximate surface area is 158 Å². The van der Waals surface area contributed by atoms with Gasteiger partial charge in [0.15, 0.2) is 0 Å². The molecule has 3 aromatic rings. The number of nitrogens with one attached hydrogen (secondary N) is 2. The van der Waals surface area contributed by atoms with Crippen molar-refractivity contribution in [1.82, 2.24) is 25.2 Å². The summed E-state index contributed by atoms with van der Waals surface area (Å²) >= 11 is 0. The summed E-state index contributed by atoms with van der Waals surface area (Å²) in [6, 6.07) is 7.77. The van der Waals surface area contributed by atoms with Gasteiger partial charge in [0.2, 0.25) is 0 Å². The molecule has 1 aliphatic heterocycles. The number of carbonyl (C=O) groups is 1. The van der Waals surface area contributed by atoms with Crippen molar-refractivity contribution in [3.8, 4) is 0 Å². The molecule has 4 rings (SSSR count). The van der Waals surface area contributed by atoms with Crippen LogP contribution in [0.15, 0.2) is 28.7 Å². The van der Waals surface area contributed by atoms with Crippen molar-refractivity contribution in [2.24, 2.45) is 13.0 Å². The van der Waals surface area contributed by atoms with Crippen LogP contribution < -0.4 is 10.6 Å². The summed E-state index contributed by atoms with van der Waals surface area (Å²) in [7, 11) is 1.92. The summed E-state index contributed by atoms with van der Waals surface area (Å²) in [5.74, 6) is 2.15. The molecule has 0 aliphatic carbocycles. The van der Waals surface area contributed by atoms with E-state index in [0.717, 1.165) is 47.5 Å². The van der Waals surface area contributed by atoms with Gasteiger partial charge in [-0.15, -0.1) is 5.10 Å². The second-order valence-electron chi connectivity index (χ2n) is 7.75. The topological polar surface area (TPSA) is 77.0 Å². The number of carbonyl (C=O) groups excluding carboxylic acids is 1. The number of fused-ring (bicyclic) bond motifs is 2. The lowest BCUT2D eigenvalue weighted by Crippen LogP contribution is -2.50. The van der Waals surface area contributed by atoms with Gasteiger partial charge in [-0.05, 0) is 25.3 Å². The van der Waals surface area contributed by atoms with E-state index >= 15 is 0 Å². The Bertz CT molecular complexity index is 964. The minimum Gasteiger partial charge on any atom is -0.459 e. The third-order valence-corrected chi connectivity index (χ3v) is 5.47. The zero-order chi connectivity index (χ0) is 19.1. The highest BCUT2D eigenvalue weighted by atomic mass is 16.3. The van der Waals surface area contributed by atoms with E-state index in [-0.39, 0.29) is 24.0 Å². The van der Waals surface area contributed by atoms with Crippen molar-refractivity contribution in [2.45, 2.75) is 52.2 Å². The molecular formula is C20H27N5O2. The minimum absolute atomic E-state index is 0.108. The van der Waals surface area contributed by atoms with Crippen LogP contribution in [0.25, 0.3) is 11.0 Å². The Hall–Kier alpha value is -2.70. The number of rotatable bonds is 4. The van der Waals surface area contributed by atoms with Crippen LogP contribution in [-0.2, 0) is 20.0 Å². The smallest absolute Gasteiger partial charge is 0.315 e. The molecule has 27 heavy (non-hydrogen) atoms. The normalized spacial score (nSPS) is 17.9. The summed E-state index contributed by atoms with van der Waals surface area (Å²) in [5, 5.41) is 11.7. The zero-order valence-electron chi connectivity index (χ0n) is 16.3. The number of hydrogen-bond acceptors (Lipinski definition) is 3. The van der Waals surface area contributed by atoms with E-state index in [1.807, 2.05) is 30.0 Å². The molecule has 7 nitrogen and oxygen atoms in total. The number of nitrogens with zero attached hydrogens (tertiary/aromatic N) is 3. The first-order valence-electron chi connectivity index (χ1n) is 9.57. The number of aromatic nitrogens is 3. The number of aryl methyl sites for hydroxylation is 3. The van der Waals surface area contributed by atoms with Gasteiger partial charge in [0, 0.05) is 24.4 Å². The maximum atomic E-state index is 12.7. The molecule has 144 valence electrons. The molecule has 0 saturated heterocycles. The van der Waals surface area contributed by atoms with Crippen LogP contribution in [0, 0.1) is 12.8 Å². The van der Waals surface area contributed by atoms with Gasteiger partial charge >= 0.3 is 6.03 Å². The maximum Gasteiger partial charge on any atom is 0.315 e. The number of urea groups is 1. The molecule has 3 heterocycles. The van der Waals surface area contributed by atoms with Gasteiger partial charge in [-0.2, -0.15) is 0 Å². The van der Waals surface area contributed by atoms with Crippen LogP contribution in [0.3, 0.4) is 0 Å². The zero-order valence-corrected chi connectivity index (χ0v) is 16.3. The van der Waals surface area contributed by atoms with Crippen LogP contribution in [0.5, 0.6) is 0 Å². The second-order valence-corrected chi connectivity index (χ2v) is 7.75. The van der Waals surface area contributed by atoms with Crippen molar-refractivity contribution >= 4 is 17.0 Å². The van der Waals surface area contributed by atoms with E-state index < -0.39 is 0 Å². The first-order chi connectivity index (χ1) is 12.9. The minimum atomic E-state index is -0.176. The average molecular weight is 369 g/mol. The Kier molecular flexibility index (Phi) is 4.45. The summed E-state index contributed by atoms with van der Waals surface area (Å²) in [6.45, 7) is 7.00. The average Bonchev–Trinajstić information content (AvgIpc) is 2.97. The van der Waals surface area contributed by atoms with E-state index in [9.17, 15) is 4.79 Å². The lowest BCUT2D eigenvalue weighted by atomic mass is 9.98. The summed E-state index contributed by atoms with van der Waals surface area (Å²) in [4.78, 5) is 14.5. The van der Waals surface area contributed by atoms with Crippen LogP contribution in [0.1, 0.15) is 43.5 Å². The highest BCUT2D eigenvalue weighted by Crippen LogP contribution is 2.32. The van der Waals surface area contributed by atoms with Crippen LogP contribution in [0.4, 0.5) is 4.79 Å². The van der Waals surface area contributed by atoms with Crippen molar-refractivity contribution in [2.75, 3.05) is 0 Å². The molecule has 2 atom stereocenters. The van der Waals surface area contributed by atoms with E-state index in [2.05, 4.69) is 47.3 Å². The molecule has 2 amide bonds. The molecule has 0 saturated carbocycles. The van der Waals surface area contributed by atoms with Crippen molar-refractivity contribution in [3.63, 3.8) is 0 Å². The van der Waals surface area contributed by atoms with Crippen LogP contribution in [-0.4, -0.2) is 26.6 Å². The Morgan fingerprint density at radius 3 is 2.81 bits per heavy atom. The SMILES string of the molecule is Cc1c([C@H](NC(=O)NC2CCc3nn(C)n3C2)C(C)C)oc2ccccc12. The molecule has 0 fully saturated rings. The number of furan rings is 1. The maximum absolute atomic E-state index is 12.7. The lowest BCUT2D eigenvalue weighted by Gasteiger charge is -2.32. The second kappa shape index (κ2) is 6.79. The summed E-state index contributed by atoms with van der Waals surface area (Å²) in [6.07, 6.45) is 1.80. The lowest BCUT2D eigenvalue weighted by molar-refractivity contribution is 0.211. The van der Waals surface area contributed by atoms with Gasteiger partial charge in [0.25, 0.3) is 0 Å². The van der Waals surface area contributed by atoms with E-state index in [0.29, 0.717) is 0 Å². The number of amides is 2. The molecule has 1 aliphatic rings. The molecule has 7 heteroatoms. The van der Waals surface area contributed by atoms with Gasteiger partial charge < -0.3 is 15.1 Å². The van der Waals surface area contributed by atoms with Gasteiger partial charge in [-0.1, -0.05) is 32.0 Å². The summed E-state index contributed by atoms with van der Waals surface area (Å²) in [5.41, 5.74) is 1.95. The molecular weight excluding hydrogens is 342 g/mol. The van der Waals surface area contributed by atoms with Crippen molar-refractivity contribution in [3.05, 3.63) is 41.4 Å². The van der Waals surface area contributed by atoms with Gasteiger partial charge in [-0.25, -0.2) is 9.59 Å². The largest absolute Gasteiger partial charge is 0.459 e. The molecule has 1 aromatic carbocycles. The highest BCUT2D eigenvalue weighted by molar-refractivity contribution is 5.82. The molecule has 0 radical (unpaired) electrons. The first-order valence-corrected chi connectivity index (χ1v) is 9.57. The quantitative estimate of drug-likeness (QED) is 0.741. The predicted octanol–water partition coefficient (Wildman–Crippen LogP) is 3.29. The Morgan fingerprint density at radius 2 is 2.11 bits per heavy atom. The molecule has 0 spiro atoms. The summed E-state index contributed by atoms with van der Waals surface area (Å²) < 4.78 is 8.20. The van der Waals surface area contributed by atoms with Crippen LogP contribution >= 0.6 is 0 Å². The number of hydrogen-bond donors (Lipinski definition) is 2. The molecule has 1 unspecified atom stereocenters. The molecule has 0 bridgehead atoms. The molecule has 2 N–H and O–H groups in total. The monoisotopic (exact) mass is 369 g/mol.